The second-order valence-corrected chi connectivity index (χ2v) is 11.7. The molecule has 2 heterocycles. The molecule has 0 aromatic rings. The Balaban J connectivity index is 1.47. The van der Waals surface area contributed by atoms with Gasteiger partial charge in [0.1, 0.15) is 0 Å². The van der Waals surface area contributed by atoms with Crippen LogP contribution >= 0.6 is 22.6 Å². The Bertz CT molecular complexity index is 507. The zero-order valence-electron chi connectivity index (χ0n) is 11.7. The van der Waals surface area contributed by atoms with Crippen molar-refractivity contribution in [2.45, 2.75) is 46.2 Å². The van der Waals surface area contributed by atoms with E-state index in [9.17, 15) is 9.59 Å². The Kier molecular flexibility index (Phi) is 3.50. The van der Waals surface area contributed by atoms with E-state index in [4.69, 9.17) is 9.47 Å². The minimum absolute atomic E-state index is 0.0169. The summed E-state index contributed by atoms with van der Waals surface area (Å²) in [7, 11) is 0. The summed E-state index contributed by atoms with van der Waals surface area (Å²) >= 11 is 2.21. The van der Waals surface area contributed by atoms with Crippen LogP contribution in [0.3, 0.4) is 0 Å². The van der Waals surface area contributed by atoms with Gasteiger partial charge in [0.2, 0.25) is 0 Å². The van der Waals surface area contributed by atoms with Gasteiger partial charge in [-0.25, -0.2) is 0 Å². The fourth-order valence-corrected chi connectivity index (χ4v) is 7.65. The van der Waals surface area contributed by atoms with Gasteiger partial charge >= 0.3 is 149 Å². The van der Waals surface area contributed by atoms with E-state index >= 15 is 0 Å². The molecule has 4 rings (SSSR count). The van der Waals surface area contributed by atoms with Gasteiger partial charge in [-0.05, 0) is 0 Å². The van der Waals surface area contributed by atoms with Gasteiger partial charge < -0.3 is 0 Å². The standard InChI is InChI=1S/C14H18I2NO4/c1-13(15,11-16-17-11)12(19)21-9-3-7-2-8(9)14(4-7)5-10(18)20-6-14/h7-9,11,17H,2-6H2,1H3/q-1. The van der Waals surface area contributed by atoms with Crippen molar-refractivity contribution in [1.82, 2.24) is 3.53 Å². The Morgan fingerprint density at radius 1 is 1.57 bits per heavy atom. The van der Waals surface area contributed by atoms with Crippen LogP contribution in [-0.4, -0.2) is 32.1 Å². The van der Waals surface area contributed by atoms with Gasteiger partial charge in [0, 0.05) is 0 Å². The van der Waals surface area contributed by atoms with Crippen LogP contribution in [0.25, 0.3) is 0 Å². The van der Waals surface area contributed by atoms with Crippen LogP contribution in [0.2, 0.25) is 0 Å². The van der Waals surface area contributed by atoms with Crippen molar-refractivity contribution < 1.29 is 40.5 Å². The van der Waals surface area contributed by atoms with Gasteiger partial charge in [0.05, 0.1) is 0 Å². The molecular weight excluding hydrogens is 500 g/mol. The summed E-state index contributed by atoms with van der Waals surface area (Å²) in [6.45, 7) is 2.49. The van der Waals surface area contributed by atoms with E-state index < -0.39 is 3.42 Å². The third kappa shape index (κ3) is 2.41. The summed E-state index contributed by atoms with van der Waals surface area (Å²) in [5.74, 6) is 0.732. The quantitative estimate of drug-likeness (QED) is 0.122. The van der Waals surface area contributed by atoms with Crippen LogP contribution in [0.4, 0.5) is 0 Å². The number of hydrogen-bond acceptors (Lipinski definition) is 5. The van der Waals surface area contributed by atoms with Gasteiger partial charge in [-0.1, -0.05) is 0 Å². The SMILES string of the molecule is CC(I)(C(=O)OC1CC2CC1C1(COC(=O)C1)C2)C1N[I-]1. The molecule has 0 aromatic heterocycles. The maximum absolute atomic E-state index is 12.5. The number of carbonyl (C=O) groups excluding carboxylic acids is 2. The van der Waals surface area contributed by atoms with Crippen molar-refractivity contribution >= 4 is 34.5 Å². The molecule has 5 nitrogen and oxygen atoms in total. The zero-order chi connectivity index (χ0) is 14.8. The van der Waals surface area contributed by atoms with E-state index in [0.29, 0.717) is 28.9 Å². The summed E-state index contributed by atoms with van der Waals surface area (Å²) in [6, 6.07) is 0. The monoisotopic (exact) mass is 518 g/mol. The van der Waals surface area contributed by atoms with Gasteiger partial charge in [-0.2, -0.15) is 0 Å². The van der Waals surface area contributed by atoms with Crippen LogP contribution in [0.5, 0.6) is 0 Å². The molecule has 118 valence electrons. The molecule has 2 bridgehead atoms. The molecule has 2 aliphatic heterocycles. The van der Waals surface area contributed by atoms with Crippen molar-refractivity contribution in [2.24, 2.45) is 17.3 Å². The van der Waals surface area contributed by atoms with Crippen LogP contribution in [-0.2, 0) is 19.1 Å². The molecule has 4 fully saturated rings. The number of nitrogens with one attached hydrogen (secondary N) is 1. The minimum atomic E-state index is -0.442. The number of carbonyl (C=O) groups is 2. The van der Waals surface area contributed by atoms with Crippen LogP contribution in [0.1, 0.15) is 32.6 Å². The normalized spacial score (nSPS) is 46.9. The van der Waals surface area contributed by atoms with Crippen molar-refractivity contribution in [3.63, 3.8) is 0 Å². The molecule has 6 atom stereocenters. The number of ether oxygens (including phenoxy) is 2. The molecule has 0 radical (unpaired) electrons. The van der Waals surface area contributed by atoms with E-state index in [-0.39, 0.29) is 44.9 Å². The number of fused-ring (bicyclic) bond motifs is 3. The molecule has 0 aromatic carbocycles. The Morgan fingerprint density at radius 2 is 2.33 bits per heavy atom. The van der Waals surface area contributed by atoms with E-state index in [1.54, 1.807) is 0 Å². The third-order valence-electron chi connectivity index (χ3n) is 5.45. The van der Waals surface area contributed by atoms with Crippen LogP contribution in [0, 0.1) is 17.3 Å². The average Bonchev–Trinajstić information content (AvgIpc) is 3.03. The Labute approximate surface area is 148 Å². The number of hydrogen-bond donors (Lipinski definition) is 1. The first kappa shape index (κ1) is 14.9. The fourth-order valence-electron chi connectivity index (χ4n) is 4.34. The molecule has 1 N–H and O–H groups in total. The molecule has 2 saturated carbocycles. The van der Waals surface area contributed by atoms with Gasteiger partial charge in [0.15, 0.2) is 0 Å². The summed E-state index contributed by atoms with van der Waals surface area (Å²) in [5.41, 5.74) is -0.0443. The predicted molar refractivity (Wildman–Crippen MR) is 78.1 cm³/mol. The van der Waals surface area contributed by atoms with Gasteiger partial charge in [0.25, 0.3) is 0 Å². The first-order valence-corrected chi connectivity index (χ1v) is 10.7. The van der Waals surface area contributed by atoms with Crippen molar-refractivity contribution in [3.05, 3.63) is 0 Å². The number of esters is 2. The van der Waals surface area contributed by atoms with E-state index in [1.165, 1.54) is 0 Å². The van der Waals surface area contributed by atoms with Gasteiger partial charge in [-0.3, -0.25) is 0 Å². The second-order valence-electron chi connectivity index (χ2n) is 6.95. The van der Waals surface area contributed by atoms with Crippen molar-refractivity contribution in [1.29, 1.82) is 0 Å². The first-order chi connectivity index (χ1) is 9.91. The molecule has 6 unspecified atom stereocenters. The van der Waals surface area contributed by atoms with Crippen LogP contribution < -0.4 is 25.0 Å². The topological polar surface area (TPSA) is 74.5 Å². The van der Waals surface area contributed by atoms with Crippen molar-refractivity contribution in [3.8, 4) is 0 Å². The van der Waals surface area contributed by atoms with Crippen LogP contribution in [0.15, 0.2) is 0 Å². The molecule has 2 saturated heterocycles. The number of alkyl halides is 2. The second kappa shape index (κ2) is 4.93. The first-order valence-electron chi connectivity index (χ1n) is 7.34. The van der Waals surface area contributed by atoms with E-state index in [2.05, 4.69) is 26.1 Å². The third-order valence-corrected chi connectivity index (χ3v) is 10.2. The molecule has 0 amide bonds. The number of rotatable bonds is 3. The molecule has 1 spiro atoms. The number of cyclic esters (lactones) is 1. The molecule has 7 heteroatoms. The average molecular weight is 518 g/mol. The Morgan fingerprint density at radius 3 is 2.90 bits per heavy atom. The predicted octanol–water partition coefficient (Wildman–Crippen LogP) is -1.61. The summed E-state index contributed by atoms with van der Waals surface area (Å²) in [5, 5.41) is 0. The molecule has 2 aliphatic carbocycles. The molecule has 21 heavy (non-hydrogen) atoms. The summed E-state index contributed by atoms with van der Waals surface area (Å²) < 4.78 is 14.3. The van der Waals surface area contributed by atoms with E-state index in [1.807, 2.05) is 6.92 Å². The van der Waals surface area contributed by atoms with E-state index in [0.717, 1.165) is 19.3 Å². The fraction of sp³-hybridized carbons (Fsp3) is 0.857. The Hall–Kier alpha value is 0.360. The summed E-state index contributed by atoms with van der Waals surface area (Å²) in [6.07, 6.45) is 3.61. The molecular formula is C14H18I2NO4-. The van der Waals surface area contributed by atoms with Crippen molar-refractivity contribution in [2.75, 3.05) is 6.61 Å². The molecule has 4 aliphatic rings. The maximum atomic E-state index is 12.5. The van der Waals surface area contributed by atoms with Gasteiger partial charge in [-0.15, -0.1) is 0 Å². The summed E-state index contributed by atoms with van der Waals surface area (Å²) in [4.78, 5) is 24.0. The number of halogens is 2. The zero-order valence-corrected chi connectivity index (χ0v) is 16.0.